The van der Waals surface area contributed by atoms with Crippen LogP contribution in [0.3, 0.4) is 0 Å². The number of primary amides is 1. The third-order valence-electron chi connectivity index (χ3n) is 4.30. The summed E-state index contributed by atoms with van der Waals surface area (Å²) in [4.78, 5) is 16.7. The summed E-state index contributed by atoms with van der Waals surface area (Å²) in [6, 6.07) is 14.9. The summed E-state index contributed by atoms with van der Waals surface area (Å²) >= 11 is 3.40. The molecule has 7 heteroatoms. The molecule has 2 aromatic rings. The summed E-state index contributed by atoms with van der Waals surface area (Å²) in [5.74, 6) is 0.582. The van der Waals surface area contributed by atoms with Crippen LogP contribution in [0.5, 0.6) is 5.75 Å². The normalized spacial score (nSPS) is 18.7. The van der Waals surface area contributed by atoms with Crippen molar-refractivity contribution in [1.82, 2.24) is 0 Å². The van der Waals surface area contributed by atoms with Gasteiger partial charge in [-0.05, 0) is 42.0 Å². The number of rotatable bonds is 8. The van der Waals surface area contributed by atoms with Gasteiger partial charge in [-0.25, -0.2) is 4.99 Å². The Hall–Kier alpha value is -2.38. The molecule has 142 valence electrons. The van der Waals surface area contributed by atoms with E-state index in [2.05, 4.69) is 20.9 Å². The van der Waals surface area contributed by atoms with E-state index in [0.717, 1.165) is 15.6 Å². The largest absolute Gasteiger partial charge is 0.494 e. The molecule has 6 nitrogen and oxygen atoms in total. The predicted molar refractivity (Wildman–Crippen MR) is 106 cm³/mol. The van der Waals surface area contributed by atoms with Crippen LogP contribution in [-0.2, 0) is 16.0 Å². The van der Waals surface area contributed by atoms with Crippen LogP contribution < -0.4 is 10.5 Å². The number of ether oxygens (including phenoxy) is 2. The number of hydrogen-bond acceptors (Lipinski definition) is 5. The zero-order chi connectivity index (χ0) is 19.3. The Morgan fingerprint density at radius 3 is 2.56 bits per heavy atom. The van der Waals surface area contributed by atoms with Crippen molar-refractivity contribution >= 4 is 27.7 Å². The van der Waals surface area contributed by atoms with Gasteiger partial charge in [0, 0.05) is 29.5 Å². The van der Waals surface area contributed by atoms with Gasteiger partial charge in [-0.1, -0.05) is 28.1 Å². The Morgan fingerprint density at radius 2 is 1.93 bits per heavy atom. The van der Waals surface area contributed by atoms with E-state index >= 15 is 0 Å². The summed E-state index contributed by atoms with van der Waals surface area (Å²) in [5, 5.41) is 8.79. The van der Waals surface area contributed by atoms with Crippen molar-refractivity contribution in [2.75, 3.05) is 19.8 Å². The fourth-order valence-corrected chi connectivity index (χ4v) is 3.05. The zero-order valence-corrected chi connectivity index (χ0v) is 16.3. The lowest BCUT2D eigenvalue weighted by molar-refractivity contribution is -0.123. The van der Waals surface area contributed by atoms with Gasteiger partial charge in [0.2, 0.25) is 11.8 Å². The van der Waals surface area contributed by atoms with E-state index in [1.165, 1.54) is 0 Å². The molecule has 3 N–H and O–H groups in total. The Labute approximate surface area is 166 Å². The standard InChI is InChI=1S/C20H21BrN2O4/c21-16-6-2-14(3-7-16)12-20(19(22)25)13-27-18(23-20)15-4-8-17(9-5-15)26-11-1-10-24/h2-9,24H,1,10-13H2,(H2,22,25)/t20-/m1/s1. The number of aliphatic hydroxyl groups is 1. The number of nitrogens with two attached hydrogens (primary N) is 1. The van der Waals surface area contributed by atoms with Gasteiger partial charge in [-0.2, -0.15) is 0 Å². The minimum Gasteiger partial charge on any atom is -0.494 e. The summed E-state index contributed by atoms with van der Waals surface area (Å²) in [5.41, 5.74) is 6.27. The number of halogens is 1. The first kappa shape index (κ1) is 19.4. The minimum absolute atomic E-state index is 0.0935. The molecule has 1 aliphatic rings. The van der Waals surface area contributed by atoms with E-state index in [9.17, 15) is 4.79 Å². The molecule has 0 aromatic heterocycles. The van der Waals surface area contributed by atoms with E-state index in [1.54, 1.807) is 12.1 Å². The number of benzene rings is 2. The highest BCUT2D eigenvalue weighted by Gasteiger charge is 2.43. The van der Waals surface area contributed by atoms with Crippen molar-refractivity contribution in [3.63, 3.8) is 0 Å². The van der Waals surface area contributed by atoms with Gasteiger partial charge in [0.1, 0.15) is 12.4 Å². The first-order chi connectivity index (χ1) is 13.0. The first-order valence-electron chi connectivity index (χ1n) is 8.63. The van der Waals surface area contributed by atoms with Crippen LogP contribution in [0.4, 0.5) is 0 Å². The topological polar surface area (TPSA) is 94.1 Å². The molecule has 1 atom stereocenters. The summed E-state index contributed by atoms with van der Waals surface area (Å²) in [7, 11) is 0. The number of carbonyl (C=O) groups is 1. The van der Waals surface area contributed by atoms with E-state index in [1.807, 2.05) is 36.4 Å². The summed E-state index contributed by atoms with van der Waals surface area (Å²) < 4.78 is 12.2. The van der Waals surface area contributed by atoms with Crippen molar-refractivity contribution in [3.8, 4) is 5.75 Å². The molecule has 0 unspecified atom stereocenters. The number of hydrogen-bond donors (Lipinski definition) is 2. The predicted octanol–water partition coefficient (Wildman–Crippen LogP) is 2.45. The molecule has 0 saturated heterocycles. The molecule has 1 heterocycles. The molecule has 3 rings (SSSR count). The minimum atomic E-state index is -1.11. The zero-order valence-electron chi connectivity index (χ0n) is 14.7. The van der Waals surface area contributed by atoms with Crippen LogP contribution in [0.1, 0.15) is 17.5 Å². The molecular formula is C20H21BrN2O4. The van der Waals surface area contributed by atoms with E-state index in [-0.39, 0.29) is 13.2 Å². The van der Waals surface area contributed by atoms with E-state index in [0.29, 0.717) is 31.1 Å². The average Bonchev–Trinajstić information content (AvgIpc) is 3.10. The van der Waals surface area contributed by atoms with Crippen molar-refractivity contribution in [3.05, 3.63) is 64.1 Å². The lowest BCUT2D eigenvalue weighted by Gasteiger charge is -2.20. The highest BCUT2D eigenvalue weighted by atomic mass is 79.9. The number of carbonyl (C=O) groups excluding carboxylic acids is 1. The van der Waals surface area contributed by atoms with Gasteiger partial charge in [-0.15, -0.1) is 0 Å². The van der Waals surface area contributed by atoms with Crippen LogP contribution in [-0.4, -0.2) is 42.3 Å². The molecule has 0 saturated carbocycles. The lowest BCUT2D eigenvalue weighted by Crippen LogP contribution is -2.45. The molecule has 0 spiro atoms. The second-order valence-electron chi connectivity index (χ2n) is 6.35. The van der Waals surface area contributed by atoms with E-state index < -0.39 is 11.4 Å². The summed E-state index contributed by atoms with van der Waals surface area (Å²) in [6.45, 7) is 0.657. The molecular weight excluding hydrogens is 412 g/mol. The lowest BCUT2D eigenvalue weighted by atomic mass is 9.92. The number of nitrogens with zero attached hydrogens (tertiary/aromatic N) is 1. The second-order valence-corrected chi connectivity index (χ2v) is 7.27. The van der Waals surface area contributed by atoms with Crippen LogP contribution in [0.25, 0.3) is 0 Å². The fourth-order valence-electron chi connectivity index (χ4n) is 2.79. The first-order valence-corrected chi connectivity index (χ1v) is 9.43. The van der Waals surface area contributed by atoms with Crippen molar-refractivity contribution in [2.45, 2.75) is 18.4 Å². The quantitative estimate of drug-likeness (QED) is 0.626. The van der Waals surface area contributed by atoms with Gasteiger partial charge in [0.25, 0.3) is 0 Å². The van der Waals surface area contributed by atoms with Gasteiger partial charge in [-0.3, -0.25) is 4.79 Å². The van der Waals surface area contributed by atoms with Crippen molar-refractivity contribution < 1.29 is 19.4 Å². The van der Waals surface area contributed by atoms with Gasteiger partial charge in [0.05, 0.1) is 6.61 Å². The highest BCUT2D eigenvalue weighted by Crippen LogP contribution is 2.27. The van der Waals surface area contributed by atoms with Gasteiger partial charge >= 0.3 is 0 Å². The number of aliphatic imine (C=N–C) groups is 1. The van der Waals surface area contributed by atoms with Crippen LogP contribution >= 0.6 is 15.9 Å². The van der Waals surface area contributed by atoms with Gasteiger partial charge < -0.3 is 20.3 Å². The molecule has 1 aliphatic heterocycles. The Kier molecular flexibility index (Phi) is 6.13. The average molecular weight is 433 g/mol. The van der Waals surface area contributed by atoms with Crippen LogP contribution in [0.2, 0.25) is 0 Å². The molecule has 2 aromatic carbocycles. The molecule has 27 heavy (non-hydrogen) atoms. The number of amides is 1. The van der Waals surface area contributed by atoms with Crippen LogP contribution in [0, 0.1) is 0 Å². The maximum Gasteiger partial charge on any atom is 0.249 e. The third kappa shape index (κ3) is 4.67. The van der Waals surface area contributed by atoms with Crippen molar-refractivity contribution in [2.24, 2.45) is 10.7 Å². The SMILES string of the molecule is NC(=O)[C@@]1(Cc2ccc(Br)cc2)COC(c2ccc(OCCCO)cc2)=N1. The third-order valence-corrected chi connectivity index (χ3v) is 4.83. The van der Waals surface area contributed by atoms with E-state index in [4.69, 9.17) is 20.3 Å². The molecule has 1 amide bonds. The molecule has 0 fully saturated rings. The van der Waals surface area contributed by atoms with Gasteiger partial charge in [0.15, 0.2) is 5.54 Å². The van der Waals surface area contributed by atoms with Crippen molar-refractivity contribution in [1.29, 1.82) is 0 Å². The molecule has 0 radical (unpaired) electrons. The summed E-state index contributed by atoms with van der Waals surface area (Å²) in [6.07, 6.45) is 0.955. The second kappa shape index (κ2) is 8.54. The Morgan fingerprint density at radius 1 is 1.22 bits per heavy atom. The maximum absolute atomic E-state index is 12.2. The Bertz CT molecular complexity index is 821. The highest BCUT2D eigenvalue weighted by molar-refractivity contribution is 9.10. The molecule has 0 aliphatic carbocycles. The fraction of sp³-hybridized carbons (Fsp3) is 0.300. The smallest absolute Gasteiger partial charge is 0.249 e. The number of aliphatic hydroxyl groups excluding tert-OH is 1. The molecule has 0 bridgehead atoms. The Balaban J connectivity index is 1.77. The monoisotopic (exact) mass is 432 g/mol. The van der Waals surface area contributed by atoms with Crippen LogP contribution in [0.15, 0.2) is 58.0 Å². The maximum atomic E-state index is 12.2.